The average molecular weight is 440 g/mol. The Morgan fingerprint density at radius 3 is 2.25 bits per heavy atom. The summed E-state index contributed by atoms with van der Waals surface area (Å²) in [5.41, 5.74) is 1.82. The van der Waals surface area contributed by atoms with E-state index in [2.05, 4.69) is 4.90 Å². The van der Waals surface area contributed by atoms with Gasteiger partial charge >= 0.3 is 0 Å². The second-order valence-electron chi connectivity index (χ2n) is 7.90. The Balaban J connectivity index is 1.42. The lowest BCUT2D eigenvalue weighted by atomic mass is 9.99. The normalized spacial score (nSPS) is 14.8. The highest BCUT2D eigenvalue weighted by molar-refractivity contribution is 5.99. The molecule has 5 nitrogen and oxygen atoms in total. The maximum Gasteiger partial charge on any atom is 0.253 e. The van der Waals surface area contributed by atoms with Crippen LogP contribution in [-0.2, 0) is 4.74 Å². The summed E-state index contributed by atoms with van der Waals surface area (Å²) in [5, 5.41) is 10.5. The van der Waals surface area contributed by atoms with Crippen LogP contribution in [0.3, 0.4) is 0 Å². The predicted octanol–water partition coefficient (Wildman–Crippen LogP) is 3.55. The molecule has 0 unspecified atom stereocenters. The third-order valence-corrected chi connectivity index (χ3v) is 5.73. The van der Waals surface area contributed by atoms with Gasteiger partial charge in [0.1, 0.15) is 11.6 Å². The fraction of sp³-hybridized carbons (Fsp3) is 0.320. The van der Waals surface area contributed by atoms with Gasteiger partial charge < -0.3 is 14.7 Å². The number of hydrogen-bond acceptors (Lipinski definition) is 4. The largest absolute Gasteiger partial charge is 0.394 e. The Morgan fingerprint density at radius 1 is 0.844 bits per heavy atom. The molecular weight excluding hydrogens is 414 g/mol. The van der Waals surface area contributed by atoms with E-state index in [9.17, 15) is 13.6 Å². The number of carbonyl (C=O) groups excluding carboxylic acids is 1. The van der Waals surface area contributed by atoms with Crippen LogP contribution in [0.25, 0.3) is 21.9 Å². The number of halogens is 2. The van der Waals surface area contributed by atoms with Crippen molar-refractivity contribution in [2.75, 3.05) is 52.5 Å². The smallest absolute Gasteiger partial charge is 0.253 e. The number of fused-ring (bicyclic) bond motifs is 1. The summed E-state index contributed by atoms with van der Waals surface area (Å²) in [6, 6.07) is 14.6. The molecule has 1 amide bonds. The zero-order valence-electron chi connectivity index (χ0n) is 17.8. The minimum atomic E-state index is -0.612. The molecule has 168 valence electrons. The van der Waals surface area contributed by atoms with Crippen molar-refractivity contribution in [1.82, 2.24) is 9.80 Å². The van der Waals surface area contributed by atoms with Gasteiger partial charge in [-0.3, -0.25) is 9.69 Å². The highest BCUT2D eigenvalue weighted by atomic mass is 19.1. The van der Waals surface area contributed by atoms with Crippen molar-refractivity contribution in [2.45, 2.75) is 0 Å². The summed E-state index contributed by atoms with van der Waals surface area (Å²) in [5.74, 6) is -1.22. The van der Waals surface area contributed by atoms with E-state index in [1.165, 1.54) is 12.1 Å². The van der Waals surface area contributed by atoms with Crippen LogP contribution in [0, 0.1) is 11.6 Å². The molecule has 0 aliphatic carbocycles. The minimum Gasteiger partial charge on any atom is -0.394 e. The SMILES string of the molecule is O=C(c1ccc2cc(-c3cc(F)cc(F)c3)ccc2c1)N1CCN(CCOCCO)CC1. The lowest BCUT2D eigenvalue weighted by Gasteiger charge is -2.34. The molecule has 1 fully saturated rings. The van der Waals surface area contributed by atoms with Crippen LogP contribution in [-0.4, -0.2) is 73.4 Å². The molecule has 7 heteroatoms. The first-order valence-electron chi connectivity index (χ1n) is 10.7. The third-order valence-electron chi connectivity index (χ3n) is 5.73. The number of aliphatic hydroxyl groups is 1. The van der Waals surface area contributed by atoms with Crippen LogP contribution < -0.4 is 0 Å². The average Bonchev–Trinajstić information content (AvgIpc) is 2.80. The van der Waals surface area contributed by atoms with Gasteiger partial charge in [-0.1, -0.05) is 18.2 Å². The maximum absolute atomic E-state index is 13.6. The van der Waals surface area contributed by atoms with Gasteiger partial charge in [0.25, 0.3) is 5.91 Å². The molecule has 0 spiro atoms. The number of nitrogens with zero attached hydrogens (tertiary/aromatic N) is 2. The van der Waals surface area contributed by atoms with Gasteiger partial charge in [0.2, 0.25) is 0 Å². The molecule has 3 aromatic carbocycles. The van der Waals surface area contributed by atoms with Crippen LogP contribution in [0.4, 0.5) is 8.78 Å². The summed E-state index contributed by atoms with van der Waals surface area (Å²) in [6.07, 6.45) is 0. The predicted molar refractivity (Wildman–Crippen MR) is 120 cm³/mol. The molecule has 4 rings (SSSR count). The van der Waals surface area contributed by atoms with Gasteiger partial charge in [-0.25, -0.2) is 8.78 Å². The number of ether oxygens (including phenoxy) is 1. The molecule has 0 saturated carbocycles. The molecule has 0 atom stereocenters. The van der Waals surface area contributed by atoms with E-state index >= 15 is 0 Å². The molecule has 1 aliphatic rings. The van der Waals surface area contributed by atoms with E-state index in [-0.39, 0.29) is 12.5 Å². The number of rotatable bonds is 7. The summed E-state index contributed by atoms with van der Waals surface area (Å²) >= 11 is 0. The first kappa shape index (κ1) is 22.3. The summed E-state index contributed by atoms with van der Waals surface area (Å²) in [6.45, 7) is 4.62. The van der Waals surface area contributed by atoms with Crippen molar-refractivity contribution in [1.29, 1.82) is 0 Å². The summed E-state index contributed by atoms with van der Waals surface area (Å²) < 4.78 is 32.4. The molecule has 0 aromatic heterocycles. The number of piperazine rings is 1. The molecule has 0 radical (unpaired) electrons. The Kier molecular flexibility index (Phi) is 7.09. The van der Waals surface area contributed by atoms with Crippen molar-refractivity contribution in [3.05, 3.63) is 71.8 Å². The molecular formula is C25H26F2N2O3. The van der Waals surface area contributed by atoms with Crippen molar-refractivity contribution in [3.63, 3.8) is 0 Å². The third kappa shape index (κ3) is 5.30. The van der Waals surface area contributed by atoms with E-state index in [1.807, 2.05) is 35.2 Å². The van der Waals surface area contributed by atoms with Gasteiger partial charge in [-0.15, -0.1) is 0 Å². The van der Waals surface area contributed by atoms with E-state index in [4.69, 9.17) is 9.84 Å². The second-order valence-corrected chi connectivity index (χ2v) is 7.90. The van der Waals surface area contributed by atoms with Crippen LogP contribution in [0.1, 0.15) is 10.4 Å². The van der Waals surface area contributed by atoms with Crippen LogP contribution in [0.15, 0.2) is 54.6 Å². The van der Waals surface area contributed by atoms with Crippen molar-refractivity contribution in [2.24, 2.45) is 0 Å². The minimum absolute atomic E-state index is 0.000594. The molecule has 1 aliphatic heterocycles. The second kappa shape index (κ2) is 10.2. The first-order chi connectivity index (χ1) is 15.5. The Morgan fingerprint density at radius 2 is 1.53 bits per heavy atom. The highest BCUT2D eigenvalue weighted by Crippen LogP contribution is 2.27. The summed E-state index contributed by atoms with van der Waals surface area (Å²) in [7, 11) is 0. The molecule has 1 N–H and O–H groups in total. The number of carbonyl (C=O) groups is 1. The van der Waals surface area contributed by atoms with Gasteiger partial charge in [0, 0.05) is 44.4 Å². The van der Waals surface area contributed by atoms with Crippen LogP contribution in [0.5, 0.6) is 0 Å². The zero-order chi connectivity index (χ0) is 22.5. The van der Waals surface area contributed by atoms with Gasteiger partial charge in [-0.05, 0) is 52.2 Å². The quantitative estimate of drug-likeness (QED) is 0.571. The molecule has 32 heavy (non-hydrogen) atoms. The molecule has 1 heterocycles. The molecule has 3 aromatic rings. The first-order valence-corrected chi connectivity index (χ1v) is 10.7. The monoisotopic (exact) mass is 440 g/mol. The topological polar surface area (TPSA) is 53.0 Å². The Hall–Kier alpha value is -2.87. The van der Waals surface area contributed by atoms with Gasteiger partial charge in [0.15, 0.2) is 0 Å². The van der Waals surface area contributed by atoms with Crippen LogP contribution >= 0.6 is 0 Å². The molecule has 0 bridgehead atoms. The number of benzene rings is 3. The summed E-state index contributed by atoms with van der Waals surface area (Å²) in [4.78, 5) is 17.1. The van der Waals surface area contributed by atoms with Crippen molar-refractivity contribution < 1.29 is 23.4 Å². The standard InChI is InChI=1S/C25H26F2N2O3/c26-23-15-22(16-24(27)17-23)20-2-1-19-14-21(4-3-18(19)13-20)25(31)29-7-5-28(6-8-29)9-11-32-12-10-30/h1-4,13-17,30H,5-12H2. The Labute approximate surface area is 185 Å². The van der Waals surface area contributed by atoms with E-state index in [0.717, 1.165) is 36.5 Å². The zero-order valence-corrected chi connectivity index (χ0v) is 17.8. The van der Waals surface area contributed by atoms with E-state index in [0.29, 0.717) is 43.0 Å². The van der Waals surface area contributed by atoms with E-state index < -0.39 is 11.6 Å². The van der Waals surface area contributed by atoms with Crippen molar-refractivity contribution >= 4 is 16.7 Å². The maximum atomic E-state index is 13.6. The fourth-order valence-corrected chi connectivity index (χ4v) is 4.00. The Bertz CT molecular complexity index is 1080. The number of amides is 1. The van der Waals surface area contributed by atoms with Gasteiger partial charge in [-0.2, -0.15) is 0 Å². The van der Waals surface area contributed by atoms with E-state index in [1.54, 1.807) is 6.07 Å². The fourth-order valence-electron chi connectivity index (χ4n) is 4.00. The lowest BCUT2D eigenvalue weighted by molar-refractivity contribution is 0.0486. The van der Waals surface area contributed by atoms with Crippen LogP contribution in [0.2, 0.25) is 0 Å². The molecule has 1 saturated heterocycles. The highest BCUT2D eigenvalue weighted by Gasteiger charge is 2.22. The van der Waals surface area contributed by atoms with Crippen molar-refractivity contribution in [3.8, 4) is 11.1 Å². The number of aliphatic hydroxyl groups excluding tert-OH is 1. The lowest BCUT2D eigenvalue weighted by Crippen LogP contribution is -2.49. The number of hydrogen-bond donors (Lipinski definition) is 1. The van der Waals surface area contributed by atoms with Gasteiger partial charge in [0.05, 0.1) is 19.8 Å².